The third-order valence-electron chi connectivity index (χ3n) is 2.32. The van der Waals surface area contributed by atoms with Gasteiger partial charge in [-0.05, 0) is 31.2 Å². The molecule has 92 valence electrons. The van der Waals surface area contributed by atoms with E-state index in [2.05, 4.69) is 15.1 Å². The van der Waals surface area contributed by atoms with Crippen LogP contribution in [0.1, 0.15) is 11.3 Å². The summed E-state index contributed by atoms with van der Waals surface area (Å²) in [5.41, 5.74) is 6.70. The molecule has 0 fully saturated rings. The molecular weight excluding hydrogens is 232 g/mol. The number of nitrogens with zero attached hydrogens (tertiary/aromatic N) is 3. The number of rotatable bonds is 3. The molecular formula is C12H12N4O2. The van der Waals surface area contributed by atoms with Crippen molar-refractivity contribution in [1.82, 2.24) is 9.97 Å². The topological polar surface area (TPSA) is 93.6 Å². The average Bonchev–Trinajstić information content (AvgIpc) is 2.41. The van der Waals surface area contributed by atoms with Crippen LogP contribution in [0.4, 0.5) is 0 Å². The van der Waals surface area contributed by atoms with Gasteiger partial charge >= 0.3 is 0 Å². The van der Waals surface area contributed by atoms with Gasteiger partial charge in [0.2, 0.25) is 5.88 Å². The van der Waals surface area contributed by atoms with Gasteiger partial charge < -0.3 is 15.7 Å². The molecule has 0 bridgehead atoms. The Bertz CT molecular complexity index is 584. The number of aryl methyl sites for hydroxylation is 1. The highest BCUT2D eigenvalue weighted by atomic mass is 16.5. The molecule has 0 radical (unpaired) electrons. The molecule has 0 saturated carbocycles. The molecule has 6 heteroatoms. The first-order chi connectivity index (χ1) is 8.72. The summed E-state index contributed by atoms with van der Waals surface area (Å²) in [4.78, 5) is 8.17. The second kappa shape index (κ2) is 5.13. The lowest BCUT2D eigenvalue weighted by atomic mass is 10.2. The van der Waals surface area contributed by atoms with E-state index in [4.69, 9.17) is 15.7 Å². The smallest absolute Gasteiger partial charge is 0.230 e. The van der Waals surface area contributed by atoms with Gasteiger partial charge in [0.15, 0.2) is 11.6 Å². The Hall–Kier alpha value is -2.63. The zero-order valence-electron chi connectivity index (χ0n) is 9.74. The molecule has 2 rings (SSSR count). The summed E-state index contributed by atoms with van der Waals surface area (Å²) in [6, 6.07) is 6.86. The van der Waals surface area contributed by atoms with Gasteiger partial charge in [-0.2, -0.15) is 0 Å². The van der Waals surface area contributed by atoms with Crippen molar-refractivity contribution in [3.63, 3.8) is 0 Å². The van der Waals surface area contributed by atoms with Crippen molar-refractivity contribution >= 4 is 5.84 Å². The summed E-state index contributed by atoms with van der Waals surface area (Å²) in [6.07, 6.45) is 3.24. The molecule has 0 atom stereocenters. The monoisotopic (exact) mass is 244 g/mol. The van der Waals surface area contributed by atoms with E-state index in [0.29, 0.717) is 11.3 Å². The van der Waals surface area contributed by atoms with Crippen LogP contribution in [0.25, 0.3) is 0 Å². The largest absolute Gasteiger partial charge is 0.436 e. The first kappa shape index (κ1) is 11.8. The Balaban J connectivity index is 2.38. The molecule has 0 aliphatic heterocycles. The number of nitrogens with two attached hydrogens (primary N) is 1. The first-order valence-corrected chi connectivity index (χ1v) is 5.24. The lowest BCUT2D eigenvalue weighted by molar-refractivity contribution is 0.318. The van der Waals surface area contributed by atoms with Crippen LogP contribution < -0.4 is 10.5 Å². The van der Waals surface area contributed by atoms with Crippen molar-refractivity contribution in [1.29, 1.82) is 0 Å². The third kappa shape index (κ3) is 2.37. The Morgan fingerprint density at radius 3 is 2.72 bits per heavy atom. The van der Waals surface area contributed by atoms with E-state index >= 15 is 0 Å². The Morgan fingerprint density at radius 1 is 1.28 bits per heavy atom. The lowest BCUT2D eigenvalue weighted by Gasteiger charge is -2.09. The van der Waals surface area contributed by atoms with Crippen LogP contribution >= 0.6 is 0 Å². The molecule has 0 saturated heterocycles. The number of hydrogen-bond donors (Lipinski definition) is 2. The maximum Gasteiger partial charge on any atom is 0.230 e. The Labute approximate surface area is 104 Å². The van der Waals surface area contributed by atoms with Crippen LogP contribution in [0.15, 0.2) is 41.8 Å². The third-order valence-corrected chi connectivity index (χ3v) is 2.32. The van der Waals surface area contributed by atoms with E-state index in [1.54, 1.807) is 36.7 Å². The van der Waals surface area contributed by atoms with E-state index in [9.17, 15) is 0 Å². The van der Waals surface area contributed by atoms with Crippen LogP contribution in [0.5, 0.6) is 11.6 Å². The van der Waals surface area contributed by atoms with Gasteiger partial charge in [0.25, 0.3) is 0 Å². The van der Waals surface area contributed by atoms with Crippen LogP contribution in [-0.4, -0.2) is 21.0 Å². The van der Waals surface area contributed by atoms with E-state index in [1.165, 1.54) is 0 Å². The zero-order valence-corrected chi connectivity index (χ0v) is 9.74. The normalized spacial score (nSPS) is 11.3. The van der Waals surface area contributed by atoms with E-state index in [1.807, 2.05) is 6.92 Å². The van der Waals surface area contributed by atoms with Crippen LogP contribution in [0.3, 0.4) is 0 Å². The van der Waals surface area contributed by atoms with Crippen molar-refractivity contribution in [2.24, 2.45) is 10.9 Å². The maximum atomic E-state index is 8.70. The fourth-order valence-electron chi connectivity index (χ4n) is 1.40. The van der Waals surface area contributed by atoms with Crippen LogP contribution in [0.2, 0.25) is 0 Å². The van der Waals surface area contributed by atoms with Gasteiger partial charge in [0.05, 0.1) is 11.3 Å². The molecule has 2 aromatic rings. The van der Waals surface area contributed by atoms with E-state index in [0.717, 1.165) is 5.69 Å². The number of amidine groups is 1. The van der Waals surface area contributed by atoms with Crippen molar-refractivity contribution in [3.8, 4) is 11.6 Å². The molecule has 0 spiro atoms. The predicted octanol–water partition coefficient (Wildman–Crippen LogP) is 1.67. The molecule has 2 aromatic heterocycles. The quantitative estimate of drug-likeness (QED) is 0.371. The Kier molecular flexibility index (Phi) is 3.38. The second-order valence-electron chi connectivity index (χ2n) is 3.53. The average molecular weight is 244 g/mol. The van der Waals surface area contributed by atoms with Gasteiger partial charge in [-0.25, -0.2) is 4.98 Å². The summed E-state index contributed by atoms with van der Waals surface area (Å²) < 4.78 is 5.62. The van der Waals surface area contributed by atoms with Gasteiger partial charge in [0, 0.05) is 12.4 Å². The van der Waals surface area contributed by atoms with Gasteiger partial charge in [-0.1, -0.05) is 5.16 Å². The highest BCUT2D eigenvalue weighted by molar-refractivity contribution is 5.99. The minimum Gasteiger partial charge on any atom is -0.436 e. The molecule has 0 aromatic carbocycles. The molecule has 6 nitrogen and oxygen atoms in total. The number of pyridine rings is 2. The number of oxime groups is 1. The first-order valence-electron chi connectivity index (χ1n) is 5.24. The number of aromatic nitrogens is 2. The predicted molar refractivity (Wildman–Crippen MR) is 65.8 cm³/mol. The summed E-state index contributed by atoms with van der Waals surface area (Å²) in [7, 11) is 0. The summed E-state index contributed by atoms with van der Waals surface area (Å²) in [5.74, 6) is 0.784. The number of hydrogen-bond acceptors (Lipinski definition) is 5. The molecule has 2 heterocycles. The molecule has 3 N–H and O–H groups in total. The fourth-order valence-corrected chi connectivity index (χ4v) is 1.40. The molecule has 0 aliphatic carbocycles. The minimum absolute atomic E-state index is 0.0559. The fraction of sp³-hybridized carbons (Fsp3) is 0.0833. The lowest BCUT2D eigenvalue weighted by Crippen LogP contribution is -2.14. The molecule has 0 aliphatic rings. The van der Waals surface area contributed by atoms with Crippen molar-refractivity contribution in [2.75, 3.05) is 0 Å². The van der Waals surface area contributed by atoms with Crippen LogP contribution in [0, 0.1) is 6.92 Å². The van der Waals surface area contributed by atoms with Gasteiger partial charge in [-0.3, -0.25) is 4.98 Å². The molecule has 18 heavy (non-hydrogen) atoms. The zero-order chi connectivity index (χ0) is 13.0. The Morgan fingerprint density at radius 2 is 2.00 bits per heavy atom. The SMILES string of the molecule is Cc1ncccc1Oc1ncccc1/C(N)=N/O. The summed E-state index contributed by atoms with van der Waals surface area (Å²) in [5, 5.41) is 11.6. The standard InChI is InChI=1S/C12H12N4O2/c1-8-10(5-3-6-14-8)18-12-9(11(13)16-17)4-2-7-15-12/h2-7,17H,1H3,(H2,13,16). The maximum absolute atomic E-state index is 8.70. The minimum atomic E-state index is -0.0559. The van der Waals surface area contributed by atoms with Crippen molar-refractivity contribution in [2.45, 2.75) is 6.92 Å². The second-order valence-corrected chi connectivity index (χ2v) is 3.53. The summed E-state index contributed by atoms with van der Waals surface area (Å²) in [6.45, 7) is 1.82. The van der Waals surface area contributed by atoms with Crippen molar-refractivity contribution < 1.29 is 9.94 Å². The molecule has 0 amide bonds. The van der Waals surface area contributed by atoms with Crippen LogP contribution in [-0.2, 0) is 0 Å². The highest BCUT2D eigenvalue weighted by Gasteiger charge is 2.11. The van der Waals surface area contributed by atoms with Gasteiger partial charge in [-0.15, -0.1) is 0 Å². The van der Waals surface area contributed by atoms with Gasteiger partial charge in [0.1, 0.15) is 0 Å². The van der Waals surface area contributed by atoms with E-state index < -0.39 is 0 Å². The molecule has 0 unspecified atom stereocenters. The highest BCUT2D eigenvalue weighted by Crippen LogP contribution is 2.24. The number of ether oxygens (including phenoxy) is 1. The summed E-state index contributed by atoms with van der Waals surface area (Å²) >= 11 is 0. The van der Waals surface area contributed by atoms with E-state index in [-0.39, 0.29) is 11.7 Å². The van der Waals surface area contributed by atoms with Crippen molar-refractivity contribution in [3.05, 3.63) is 47.9 Å².